The Morgan fingerprint density at radius 3 is 2.84 bits per heavy atom. The Bertz CT molecular complexity index is 590. The van der Waals surface area contributed by atoms with Crippen LogP contribution in [0.4, 0.5) is 0 Å². The van der Waals surface area contributed by atoms with Crippen LogP contribution in [-0.4, -0.2) is 20.6 Å². The van der Waals surface area contributed by atoms with Crippen LogP contribution < -0.4 is 4.74 Å². The number of ether oxygens (including phenoxy) is 1. The van der Waals surface area contributed by atoms with Crippen LogP contribution in [0.1, 0.15) is 28.8 Å². The Labute approximate surface area is 111 Å². The van der Waals surface area contributed by atoms with Crippen molar-refractivity contribution in [3.05, 3.63) is 47.5 Å². The van der Waals surface area contributed by atoms with Gasteiger partial charge < -0.3 is 14.4 Å². The van der Waals surface area contributed by atoms with Gasteiger partial charge in [0, 0.05) is 12.7 Å². The van der Waals surface area contributed by atoms with Gasteiger partial charge >= 0.3 is 5.97 Å². The maximum absolute atomic E-state index is 11.0. The number of aromatic carboxylic acids is 1. The normalized spacial score (nSPS) is 10.4. The summed E-state index contributed by atoms with van der Waals surface area (Å²) in [5.74, 6) is -0.225. The minimum Gasteiger partial charge on any atom is -0.487 e. The minimum absolute atomic E-state index is 0.0466. The SMILES string of the molecule is CCn1cc(COc2cccc(C)c2)nc1C(=O)O. The monoisotopic (exact) mass is 260 g/mol. The average molecular weight is 260 g/mol. The largest absolute Gasteiger partial charge is 0.487 e. The van der Waals surface area contributed by atoms with E-state index in [1.807, 2.05) is 38.1 Å². The van der Waals surface area contributed by atoms with Crippen LogP contribution in [0.5, 0.6) is 5.75 Å². The molecule has 0 amide bonds. The number of benzene rings is 1. The van der Waals surface area contributed by atoms with Gasteiger partial charge in [-0.3, -0.25) is 0 Å². The number of hydrogen-bond acceptors (Lipinski definition) is 3. The molecule has 1 N–H and O–H groups in total. The first-order valence-corrected chi connectivity index (χ1v) is 6.09. The highest BCUT2D eigenvalue weighted by Crippen LogP contribution is 2.14. The molecule has 100 valence electrons. The van der Waals surface area contributed by atoms with E-state index in [1.165, 1.54) is 0 Å². The Morgan fingerprint density at radius 1 is 1.47 bits per heavy atom. The number of carboxylic acids is 1. The van der Waals surface area contributed by atoms with Gasteiger partial charge in [-0.25, -0.2) is 9.78 Å². The lowest BCUT2D eigenvalue weighted by molar-refractivity contribution is 0.0678. The molecule has 0 saturated carbocycles. The number of rotatable bonds is 5. The highest BCUT2D eigenvalue weighted by Gasteiger charge is 2.13. The zero-order chi connectivity index (χ0) is 13.8. The Morgan fingerprint density at radius 2 is 2.26 bits per heavy atom. The zero-order valence-electron chi connectivity index (χ0n) is 11.0. The molecule has 2 aromatic rings. The number of imidazole rings is 1. The van der Waals surface area contributed by atoms with Crippen LogP contribution in [0.25, 0.3) is 0 Å². The number of aryl methyl sites for hydroxylation is 2. The van der Waals surface area contributed by atoms with Crippen LogP contribution >= 0.6 is 0 Å². The van der Waals surface area contributed by atoms with Gasteiger partial charge in [0.25, 0.3) is 0 Å². The third-order valence-electron chi connectivity index (χ3n) is 2.73. The van der Waals surface area contributed by atoms with Gasteiger partial charge in [-0.2, -0.15) is 0 Å². The molecule has 0 bridgehead atoms. The van der Waals surface area contributed by atoms with E-state index in [-0.39, 0.29) is 12.4 Å². The van der Waals surface area contributed by atoms with Crippen molar-refractivity contribution in [2.75, 3.05) is 0 Å². The Kier molecular flexibility index (Phi) is 3.85. The second-order valence-electron chi connectivity index (χ2n) is 4.25. The van der Waals surface area contributed by atoms with Gasteiger partial charge in [-0.1, -0.05) is 12.1 Å². The van der Waals surface area contributed by atoms with Crippen LogP contribution in [0, 0.1) is 6.92 Å². The summed E-state index contributed by atoms with van der Waals surface area (Å²) in [6.07, 6.45) is 1.71. The van der Waals surface area contributed by atoms with E-state index in [0.29, 0.717) is 12.2 Å². The summed E-state index contributed by atoms with van der Waals surface area (Å²) in [7, 11) is 0. The van der Waals surface area contributed by atoms with Crippen molar-refractivity contribution < 1.29 is 14.6 Å². The van der Waals surface area contributed by atoms with Crippen LogP contribution in [0.3, 0.4) is 0 Å². The number of aromatic nitrogens is 2. The third-order valence-corrected chi connectivity index (χ3v) is 2.73. The van der Waals surface area contributed by atoms with E-state index in [1.54, 1.807) is 10.8 Å². The summed E-state index contributed by atoms with van der Waals surface area (Å²) in [4.78, 5) is 15.0. The molecule has 0 aliphatic carbocycles. The topological polar surface area (TPSA) is 64.4 Å². The van der Waals surface area contributed by atoms with Crippen LogP contribution in [0.15, 0.2) is 30.5 Å². The van der Waals surface area contributed by atoms with Gasteiger partial charge in [0.1, 0.15) is 12.4 Å². The van der Waals surface area contributed by atoms with Crippen molar-refractivity contribution in [1.82, 2.24) is 9.55 Å². The molecule has 0 saturated heterocycles. The molecule has 2 rings (SSSR count). The second kappa shape index (κ2) is 5.56. The molecule has 0 spiro atoms. The van der Waals surface area contributed by atoms with Gasteiger partial charge in [-0.05, 0) is 31.5 Å². The van der Waals surface area contributed by atoms with Crippen molar-refractivity contribution in [3.63, 3.8) is 0 Å². The van der Waals surface area contributed by atoms with Crippen LogP contribution in [-0.2, 0) is 13.2 Å². The first kappa shape index (κ1) is 13.1. The third kappa shape index (κ3) is 3.13. The lowest BCUT2D eigenvalue weighted by atomic mass is 10.2. The number of hydrogen-bond donors (Lipinski definition) is 1. The lowest BCUT2D eigenvalue weighted by Gasteiger charge is -2.04. The molecule has 1 heterocycles. The fourth-order valence-corrected chi connectivity index (χ4v) is 1.81. The number of carboxylic acid groups (broad SMARTS) is 1. The van der Waals surface area contributed by atoms with E-state index in [0.717, 1.165) is 11.3 Å². The predicted molar refractivity (Wildman–Crippen MR) is 70.4 cm³/mol. The summed E-state index contributed by atoms with van der Waals surface area (Å²) < 4.78 is 7.19. The van der Waals surface area contributed by atoms with E-state index < -0.39 is 5.97 Å². The Balaban J connectivity index is 2.09. The summed E-state index contributed by atoms with van der Waals surface area (Å²) in [5, 5.41) is 9.01. The van der Waals surface area contributed by atoms with Crippen molar-refractivity contribution in [1.29, 1.82) is 0 Å². The molecule has 0 atom stereocenters. The van der Waals surface area contributed by atoms with Crippen LogP contribution in [0.2, 0.25) is 0 Å². The van der Waals surface area contributed by atoms with Gasteiger partial charge in [0.15, 0.2) is 0 Å². The van der Waals surface area contributed by atoms with Crippen molar-refractivity contribution in [2.24, 2.45) is 0 Å². The van der Waals surface area contributed by atoms with E-state index >= 15 is 0 Å². The first-order chi connectivity index (χ1) is 9.10. The molecule has 0 radical (unpaired) electrons. The summed E-state index contributed by atoms with van der Waals surface area (Å²) >= 11 is 0. The maximum Gasteiger partial charge on any atom is 0.372 e. The van der Waals surface area contributed by atoms with Gasteiger partial charge in [0.2, 0.25) is 5.82 Å². The molecule has 19 heavy (non-hydrogen) atoms. The second-order valence-corrected chi connectivity index (χ2v) is 4.25. The number of nitrogens with zero attached hydrogens (tertiary/aromatic N) is 2. The molecular weight excluding hydrogens is 244 g/mol. The zero-order valence-corrected chi connectivity index (χ0v) is 11.0. The molecule has 1 aromatic carbocycles. The summed E-state index contributed by atoms with van der Waals surface area (Å²) in [6.45, 7) is 4.69. The summed E-state index contributed by atoms with van der Waals surface area (Å²) in [6, 6.07) is 7.69. The molecule has 0 fully saturated rings. The van der Waals surface area contributed by atoms with E-state index in [9.17, 15) is 4.79 Å². The molecule has 0 aliphatic heterocycles. The molecule has 1 aromatic heterocycles. The van der Waals surface area contributed by atoms with E-state index in [2.05, 4.69) is 4.98 Å². The van der Waals surface area contributed by atoms with Crippen molar-refractivity contribution >= 4 is 5.97 Å². The molecule has 5 heteroatoms. The lowest BCUT2D eigenvalue weighted by Crippen LogP contribution is -2.07. The standard InChI is InChI=1S/C14H16N2O3/c1-3-16-8-11(15-13(16)14(17)18)9-19-12-6-4-5-10(2)7-12/h4-8H,3,9H2,1-2H3,(H,17,18). The van der Waals surface area contributed by atoms with E-state index in [4.69, 9.17) is 9.84 Å². The maximum atomic E-state index is 11.0. The Hall–Kier alpha value is -2.30. The quantitative estimate of drug-likeness (QED) is 0.897. The molecular formula is C14H16N2O3. The molecule has 5 nitrogen and oxygen atoms in total. The smallest absolute Gasteiger partial charge is 0.372 e. The summed E-state index contributed by atoms with van der Waals surface area (Å²) in [5.41, 5.74) is 1.73. The van der Waals surface area contributed by atoms with Gasteiger partial charge in [0.05, 0.1) is 5.69 Å². The highest BCUT2D eigenvalue weighted by atomic mass is 16.5. The minimum atomic E-state index is -1.02. The fraction of sp³-hybridized carbons (Fsp3) is 0.286. The number of carbonyl (C=O) groups is 1. The predicted octanol–water partition coefficient (Wildman–Crippen LogP) is 2.49. The molecule has 0 aliphatic rings. The van der Waals surface area contributed by atoms with Gasteiger partial charge in [-0.15, -0.1) is 0 Å². The van der Waals surface area contributed by atoms with Crippen molar-refractivity contribution in [2.45, 2.75) is 27.0 Å². The molecule has 0 unspecified atom stereocenters. The highest BCUT2D eigenvalue weighted by molar-refractivity contribution is 5.83. The fourth-order valence-electron chi connectivity index (χ4n) is 1.81. The van der Waals surface area contributed by atoms with Crippen molar-refractivity contribution in [3.8, 4) is 5.75 Å². The first-order valence-electron chi connectivity index (χ1n) is 6.09. The average Bonchev–Trinajstić information content (AvgIpc) is 2.80.